The molecule has 1 saturated carbocycles. The number of hydrogen-bond acceptors (Lipinski definition) is 6. The normalized spacial score (nSPS) is 27.4. The minimum Gasteiger partial charge on any atom is -0.478 e. The number of ether oxygens (including phenoxy) is 2. The monoisotopic (exact) mass is 465 g/mol. The number of nitrogens with one attached hydrogen (secondary N) is 2. The lowest BCUT2D eigenvalue weighted by atomic mass is 9.81. The van der Waals surface area contributed by atoms with Gasteiger partial charge in [-0.05, 0) is 70.0 Å². The number of aromatic nitrogens is 1. The van der Waals surface area contributed by atoms with Crippen LogP contribution in [0.1, 0.15) is 56.1 Å². The largest absolute Gasteiger partial charge is 0.511 e. The first-order chi connectivity index (χ1) is 14.6. The summed E-state index contributed by atoms with van der Waals surface area (Å²) in [5.41, 5.74) is -3.02. The van der Waals surface area contributed by atoms with E-state index < -0.39 is 27.6 Å². The third kappa shape index (κ3) is 5.88. The van der Waals surface area contributed by atoms with E-state index in [0.29, 0.717) is 24.9 Å². The van der Waals surface area contributed by atoms with Crippen LogP contribution in [0.2, 0.25) is 0 Å². The van der Waals surface area contributed by atoms with Crippen molar-refractivity contribution in [2.24, 2.45) is 0 Å². The summed E-state index contributed by atoms with van der Waals surface area (Å²) in [6, 6.07) is 0.656. The maximum Gasteiger partial charge on any atom is 0.511 e. The minimum atomic E-state index is -5.37. The molecule has 0 aromatic carbocycles. The molecule has 2 heterocycles. The lowest BCUT2D eigenvalue weighted by Crippen LogP contribution is -2.49. The number of alkyl halides is 3. The maximum absolute atomic E-state index is 12.7. The van der Waals surface area contributed by atoms with E-state index in [2.05, 4.69) is 17.2 Å². The SMILES string of the molecule is CCOc1nccc(C)c1[C@H]1CC[C@@H](OC[C@@H]2NCC[C@@H]2NS(=O)(=O)C(F)(F)F)CC1. The van der Waals surface area contributed by atoms with Gasteiger partial charge in [0.25, 0.3) is 0 Å². The molecule has 0 unspecified atom stereocenters. The zero-order valence-corrected chi connectivity index (χ0v) is 18.6. The van der Waals surface area contributed by atoms with Crippen molar-refractivity contribution >= 4 is 10.0 Å². The maximum atomic E-state index is 12.7. The van der Waals surface area contributed by atoms with Crippen LogP contribution in [0, 0.1) is 6.92 Å². The summed E-state index contributed by atoms with van der Waals surface area (Å²) in [6.45, 7) is 5.13. The van der Waals surface area contributed by atoms with Gasteiger partial charge in [-0.1, -0.05) is 0 Å². The zero-order chi connectivity index (χ0) is 22.6. The number of nitrogens with zero attached hydrogens (tertiary/aromatic N) is 1. The number of rotatable bonds is 8. The van der Waals surface area contributed by atoms with Crippen LogP contribution < -0.4 is 14.8 Å². The van der Waals surface area contributed by atoms with E-state index in [-0.39, 0.29) is 19.1 Å². The van der Waals surface area contributed by atoms with Crippen LogP contribution in [0.4, 0.5) is 13.2 Å². The van der Waals surface area contributed by atoms with Gasteiger partial charge in [-0.15, -0.1) is 0 Å². The molecule has 1 aliphatic carbocycles. The fraction of sp³-hybridized carbons (Fsp3) is 0.750. The fourth-order valence-corrected chi connectivity index (χ4v) is 5.22. The fourth-order valence-electron chi connectivity index (χ4n) is 4.40. The van der Waals surface area contributed by atoms with Crippen molar-refractivity contribution in [2.45, 2.75) is 75.6 Å². The van der Waals surface area contributed by atoms with E-state index in [0.717, 1.165) is 36.8 Å². The van der Waals surface area contributed by atoms with E-state index in [1.165, 1.54) is 0 Å². The topological polar surface area (TPSA) is 89.6 Å². The van der Waals surface area contributed by atoms with Crippen LogP contribution in [0.3, 0.4) is 0 Å². The molecule has 2 atom stereocenters. The smallest absolute Gasteiger partial charge is 0.478 e. The van der Waals surface area contributed by atoms with Crippen molar-refractivity contribution in [1.29, 1.82) is 0 Å². The average molecular weight is 466 g/mol. The van der Waals surface area contributed by atoms with Gasteiger partial charge in [0.2, 0.25) is 5.88 Å². The van der Waals surface area contributed by atoms with Gasteiger partial charge in [0.05, 0.1) is 19.3 Å². The predicted octanol–water partition coefficient (Wildman–Crippen LogP) is 3.00. The van der Waals surface area contributed by atoms with Gasteiger partial charge in [0.1, 0.15) is 0 Å². The van der Waals surface area contributed by atoms with Crippen molar-refractivity contribution in [1.82, 2.24) is 15.0 Å². The van der Waals surface area contributed by atoms with E-state index >= 15 is 0 Å². The highest BCUT2D eigenvalue weighted by Crippen LogP contribution is 2.39. The Bertz CT molecular complexity index is 843. The number of pyridine rings is 1. The molecule has 0 amide bonds. The molecule has 11 heteroatoms. The lowest BCUT2D eigenvalue weighted by molar-refractivity contribution is -0.0454. The van der Waals surface area contributed by atoms with Gasteiger partial charge >= 0.3 is 15.5 Å². The van der Waals surface area contributed by atoms with Crippen molar-refractivity contribution in [3.05, 3.63) is 23.4 Å². The van der Waals surface area contributed by atoms with Crippen molar-refractivity contribution in [3.8, 4) is 5.88 Å². The first-order valence-corrected chi connectivity index (χ1v) is 12.1. The summed E-state index contributed by atoms with van der Waals surface area (Å²) in [5, 5.41) is 3.04. The molecule has 1 aromatic heterocycles. The van der Waals surface area contributed by atoms with Crippen LogP contribution >= 0.6 is 0 Å². The summed E-state index contributed by atoms with van der Waals surface area (Å²) in [7, 11) is -5.37. The van der Waals surface area contributed by atoms with Gasteiger partial charge in [0, 0.05) is 23.8 Å². The number of sulfonamides is 1. The van der Waals surface area contributed by atoms with Crippen molar-refractivity contribution in [2.75, 3.05) is 19.8 Å². The quantitative estimate of drug-likeness (QED) is 0.614. The first-order valence-electron chi connectivity index (χ1n) is 10.6. The molecular weight excluding hydrogens is 435 g/mol. The van der Waals surface area contributed by atoms with E-state index in [4.69, 9.17) is 9.47 Å². The molecule has 2 fully saturated rings. The van der Waals surface area contributed by atoms with Gasteiger partial charge in [0.15, 0.2) is 0 Å². The zero-order valence-electron chi connectivity index (χ0n) is 17.7. The molecule has 0 radical (unpaired) electrons. The second-order valence-electron chi connectivity index (χ2n) is 8.11. The Morgan fingerprint density at radius 1 is 1.23 bits per heavy atom. The molecule has 0 spiro atoms. The molecule has 0 bridgehead atoms. The third-order valence-electron chi connectivity index (χ3n) is 6.01. The number of halogens is 3. The summed E-state index contributed by atoms with van der Waals surface area (Å²) < 4.78 is 74.2. The number of aryl methyl sites for hydroxylation is 1. The summed E-state index contributed by atoms with van der Waals surface area (Å²) in [5.74, 6) is 1.01. The predicted molar refractivity (Wildman–Crippen MR) is 109 cm³/mol. The van der Waals surface area contributed by atoms with E-state index in [9.17, 15) is 21.6 Å². The molecule has 1 saturated heterocycles. The molecule has 1 aliphatic heterocycles. The van der Waals surface area contributed by atoms with Crippen LogP contribution in [-0.2, 0) is 14.8 Å². The van der Waals surface area contributed by atoms with E-state index in [1.54, 1.807) is 10.9 Å². The van der Waals surface area contributed by atoms with Crippen molar-refractivity contribution in [3.63, 3.8) is 0 Å². The van der Waals surface area contributed by atoms with Crippen LogP contribution in [0.25, 0.3) is 0 Å². The molecule has 2 aliphatic rings. The third-order valence-corrected chi connectivity index (χ3v) is 7.23. The Morgan fingerprint density at radius 2 is 1.94 bits per heavy atom. The van der Waals surface area contributed by atoms with Crippen LogP contribution in [0.5, 0.6) is 5.88 Å². The highest BCUT2D eigenvalue weighted by atomic mass is 32.2. The van der Waals surface area contributed by atoms with Gasteiger partial charge in [-0.25, -0.2) is 18.1 Å². The van der Waals surface area contributed by atoms with Crippen molar-refractivity contribution < 1.29 is 31.1 Å². The van der Waals surface area contributed by atoms with E-state index in [1.807, 2.05) is 13.0 Å². The second kappa shape index (κ2) is 10.0. The second-order valence-corrected chi connectivity index (χ2v) is 9.81. The molecule has 7 nitrogen and oxygen atoms in total. The first kappa shape index (κ1) is 24.2. The molecule has 2 N–H and O–H groups in total. The molecule has 31 heavy (non-hydrogen) atoms. The van der Waals surface area contributed by atoms with Crippen LogP contribution in [-0.4, -0.2) is 56.9 Å². The van der Waals surface area contributed by atoms with Gasteiger partial charge < -0.3 is 14.8 Å². The summed E-state index contributed by atoms with van der Waals surface area (Å²) in [4.78, 5) is 4.37. The summed E-state index contributed by atoms with van der Waals surface area (Å²) in [6.07, 6.45) is 5.46. The van der Waals surface area contributed by atoms with Crippen LogP contribution in [0.15, 0.2) is 12.3 Å². The molecule has 176 valence electrons. The molecule has 1 aromatic rings. The standard InChI is InChI=1S/C20H30F3N3O4S/c1-3-29-19-18(13(2)8-10-25-19)14-4-6-15(7-5-14)30-12-17-16(9-11-24-17)26-31(27,28)20(21,22)23/h8,10,14-17,24,26H,3-7,9,11-12H2,1-2H3/t14-,15+,16-,17-/m0/s1. The van der Waals surface area contributed by atoms with Gasteiger partial charge in [-0.3, -0.25) is 0 Å². The Hall–Kier alpha value is -1.43. The molecule has 3 rings (SSSR count). The Morgan fingerprint density at radius 3 is 2.58 bits per heavy atom. The number of hydrogen-bond donors (Lipinski definition) is 2. The highest BCUT2D eigenvalue weighted by Gasteiger charge is 2.48. The Kier molecular flexibility index (Phi) is 7.82. The summed E-state index contributed by atoms with van der Waals surface area (Å²) >= 11 is 0. The van der Waals surface area contributed by atoms with Gasteiger partial charge in [-0.2, -0.15) is 13.2 Å². The Labute approximate surface area is 181 Å². The minimum absolute atomic E-state index is 0.00829. The molecular formula is C20H30F3N3O4S. The Balaban J connectivity index is 1.52. The average Bonchev–Trinajstić information content (AvgIpc) is 3.13. The lowest BCUT2D eigenvalue weighted by Gasteiger charge is -2.31. The highest BCUT2D eigenvalue weighted by molar-refractivity contribution is 7.90.